The summed E-state index contributed by atoms with van der Waals surface area (Å²) in [5.74, 6) is 1.03. The number of ether oxygens (including phenoxy) is 1. The Kier molecular flexibility index (Phi) is 3.97. The summed E-state index contributed by atoms with van der Waals surface area (Å²) >= 11 is 0. The first kappa shape index (κ1) is 14.6. The fourth-order valence-electron chi connectivity index (χ4n) is 2.10. The van der Waals surface area contributed by atoms with E-state index in [1.807, 2.05) is 12.1 Å². The summed E-state index contributed by atoms with van der Waals surface area (Å²) in [6, 6.07) is 11.9. The predicted molar refractivity (Wildman–Crippen MR) is 86.6 cm³/mol. The highest BCUT2D eigenvalue weighted by Gasteiger charge is 2.07. The van der Waals surface area contributed by atoms with Crippen LogP contribution in [0.15, 0.2) is 48.7 Å². The Bertz CT molecular complexity index is 842. The Hall–Kier alpha value is -3.28. The minimum atomic E-state index is 0.00615. The van der Waals surface area contributed by atoms with Gasteiger partial charge >= 0.3 is 0 Å². The Morgan fingerprint density at radius 3 is 2.70 bits per heavy atom. The van der Waals surface area contributed by atoms with Gasteiger partial charge in [-0.15, -0.1) is 0 Å². The van der Waals surface area contributed by atoms with E-state index in [0.717, 1.165) is 5.56 Å². The Morgan fingerprint density at radius 1 is 1.09 bits per heavy atom. The van der Waals surface area contributed by atoms with E-state index in [1.165, 1.54) is 11.8 Å². The zero-order valence-corrected chi connectivity index (χ0v) is 12.4. The van der Waals surface area contributed by atoms with E-state index in [2.05, 4.69) is 10.1 Å². The standard InChI is InChI=1S/C17H15N3O3/c1-23-15-10-12(6-8-14(15)21)5-7-13-11-17(22)20(19-13)16-4-2-3-9-18-16/h2-11,21-22H,1H3. The van der Waals surface area contributed by atoms with Crippen molar-refractivity contribution in [2.75, 3.05) is 7.11 Å². The van der Waals surface area contributed by atoms with Gasteiger partial charge in [-0.1, -0.05) is 18.2 Å². The van der Waals surface area contributed by atoms with Crippen LogP contribution in [0.3, 0.4) is 0 Å². The minimum Gasteiger partial charge on any atom is -0.504 e. The summed E-state index contributed by atoms with van der Waals surface area (Å²) in [6.45, 7) is 0. The highest BCUT2D eigenvalue weighted by molar-refractivity contribution is 5.70. The van der Waals surface area contributed by atoms with Crippen molar-refractivity contribution in [3.63, 3.8) is 0 Å². The summed E-state index contributed by atoms with van der Waals surface area (Å²) < 4.78 is 6.43. The van der Waals surface area contributed by atoms with Gasteiger partial charge in [0, 0.05) is 12.3 Å². The third-order valence-corrected chi connectivity index (χ3v) is 3.23. The van der Waals surface area contributed by atoms with Gasteiger partial charge in [0.1, 0.15) is 0 Å². The van der Waals surface area contributed by atoms with Crippen molar-refractivity contribution in [3.05, 3.63) is 59.9 Å². The zero-order valence-electron chi connectivity index (χ0n) is 12.4. The molecule has 0 aliphatic carbocycles. The van der Waals surface area contributed by atoms with Crippen LogP contribution in [0.25, 0.3) is 18.0 Å². The molecule has 2 N–H and O–H groups in total. The molecule has 0 aliphatic heterocycles. The second kappa shape index (κ2) is 6.23. The molecule has 6 heteroatoms. The maximum Gasteiger partial charge on any atom is 0.216 e. The number of hydrogen-bond acceptors (Lipinski definition) is 5. The van der Waals surface area contributed by atoms with Crippen LogP contribution >= 0.6 is 0 Å². The van der Waals surface area contributed by atoms with Crippen LogP contribution in [0.1, 0.15) is 11.3 Å². The third-order valence-electron chi connectivity index (χ3n) is 3.23. The van der Waals surface area contributed by atoms with E-state index in [1.54, 1.807) is 48.7 Å². The highest BCUT2D eigenvalue weighted by atomic mass is 16.5. The summed E-state index contributed by atoms with van der Waals surface area (Å²) in [5.41, 5.74) is 1.42. The fourth-order valence-corrected chi connectivity index (χ4v) is 2.10. The Morgan fingerprint density at radius 2 is 1.96 bits per heavy atom. The van der Waals surface area contributed by atoms with Gasteiger partial charge < -0.3 is 14.9 Å². The molecule has 0 unspecified atom stereocenters. The van der Waals surface area contributed by atoms with Crippen molar-refractivity contribution in [2.24, 2.45) is 0 Å². The summed E-state index contributed by atoms with van der Waals surface area (Å²) in [6.07, 6.45) is 5.20. The second-order valence-corrected chi connectivity index (χ2v) is 4.79. The van der Waals surface area contributed by atoms with Crippen LogP contribution in [0.5, 0.6) is 17.4 Å². The lowest BCUT2D eigenvalue weighted by molar-refractivity contribution is 0.373. The SMILES string of the molecule is COc1cc(C=Cc2cc(O)n(-c3ccccn3)n2)ccc1O. The molecule has 0 bridgehead atoms. The lowest BCUT2D eigenvalue weighted by Gasteiger charge is -2.03. The van der Waals surface area contributed by atoms with Crippen molar-refractivity contribution in [3.8, 4) is 23.2 Å². The average molecular weight is 309 g/mol. The van der Waals surface area contributed by atoms with E-state index in [9.17, 15) is 10.2 Å². The Labute approximate surface area is 132 Å². The van der Waals surface area contributed by atoms with Gasteiger partial charge in [-0.05, 0) is 35.9 Å². The zero-order chi connectivity index (χ0) is 16.2. The van der Waals surface area contributed by atoms with E-state index in [0.29, 0.717) is 17.3 Å². The van der Waals surface area contributed by atoms with Gasteiger partial charge in [-0.3, -0.25) is 0 Å². The number of hydrogen-bond donors (Lipinski definition) is 2. The van der Waals surface area contributed by atoms with Gasteiger partial charge in [-0.25, -0.2) is 4.98 Å². The molecule has 0 fully saturated rings. The van der Waals surface area contributed by atoms with E-state index >= 15 is 0 Å². The van der Waals surface area contributed by atoms with Crippen molar-refractivity contribution in [1.82, 2.24) is 14.8 Å². The molecule has 3 rings (SSSR count). The van der Waals surface area contributed by atoms with Gasteiger partial charge in [0.25, 0.3) is 0 Å². The number of pyridine rings is 1. The number of methoxy groups -OCH3 is 1. The maximum absolute atomic E-state index is 9.97. The first-order valence-electron chi connectivity index (χ1n) is 6.93. The topological polar surface area (TPSA) is 80.4 Å². The van der Waals surface area contributed by atoms with Crippen LogP contribution in [0.2, 0.25) is 0 Å². The molecule has 1 aromatic carbocycles. The van der Waals surface area contributed by atoms with Crippen LogP contribution in [0.4, 0.5) is 0 Å². The predicted octanol–water partition coefficient (Wildman–Crippen LogP) is 2.86. The number of phenols is 1. The normalized spacial score (nSPS) is 11.0. The molecule has 6 nitrogen and oxygen atoms in total. The monoisotopic (exact) mass is 309 g/mol. The number of aromatic nitrogens is 3. The molecular weight excluding hydrogens is 294 g/mol. The van der Waals surface area contributed by atoms with Crippen molar-refractivity contribution in [1.29, 1.82) is 0 Å². The summed E-state index contributed by atoms with van der Waals surface area (Å²) in [5, 5.41) is 23.8. The van der Waals surface area contributed by atoms with Crippen LogP contribution in [0, 0.1) is 0 Å². The second-order valence-electron chi connectivity index (χ2n) is 4.79. The maximum atomic E-state index is 9.97. The van der Waals surface area contributed by atoms with Crippen molar-refractivity contribution in [2.45, 2.75) is 0 Å². The van der Waals surface area contributed by atoms with Crippen molar-refractivity contribution >= 4 is 12.2 Å². The summed E-state index contributed by atoms with van der Waals surface area (Å²) in [7, 11) is 1.50. The number of aromatic hydroxyl groups is 2. The molecule has 3 aromatic rings. The smallest absolute Gasteiger partial charge is 0.216 e. The van der Waals surface area contributed by atoms with Crippen LogP contribution in [-0.2, 0) is 0 Å². The first-order chi connectivity index (χ1) is 11.2. The molecule has 2 heterocycles. The molecule has 23 heavy (non-hydrogen) atoms. The van der Waals surface area contributed by atoms with E-state index in [-0.39, 0.29) is 11.6 Å². The molecule has 0 amide bonds. The lowest BCUT2D eigenvalue weighted by atomic mass is 10.2. The molecule has 0 saturated heterocycles. The van der Waals surface area contributed by atoms with Crippen LogP contribution < -0.4 is 4.74 Å². The average Bonchev–Trinajstić information content (AvgIpc) is 2.96. The molecule has 0 atom stereocenters. The van der Waals surface area contributed by atoms with E-state index in [4.69, 9.17) is 4.74 Å². The minimum absolute atomic E-state index is 0.00615. The largest absolute Gasteiger partial charge is 0.504 e. The number of rotatable bonds is 4. The van der Waals surface area contributed by atoms with Crippen molar-refractivity contribution < 1.29 is 14.9 Å². The van der Waals surface area contributed by atoms with E-state index < -0.39 is 0 Å². The Balaban J connectivity index is 1.86. The fraction of sp³-hybridized carbons (Fsp3) is 0.0588. The van der Waals surface area contributed by atoms with Crippen LogP contribution in [-0.4, -0.2) is 32.1 Å². The third kappa shape index (κ3) is 3.16. The lowest BCUT2D eigenvalue weighted by Crippen LogP contribution is -1.98. The number of phenolic OH excluding ortho intramolecular Hbond substituents is 1. The quantitative estimate of drug-likeness (QED) is 0.774. The van der Waals surface area contributed by atoms with Gasteiger partial charge in [0.15, 0.2) is 17.3 Å². The molecular formula is C17H15N3O3. The summed E-state index contributed by atoms with van der Waals surface area (Å²) in [4.78, 5) is 4.15. The number of benzene rings is 1. The van der Waals surface area contributed by atoms with Gasteiger partial charge in [0.05, 0.1) is 12.8 Å². The number of nitrogens with zero attached hydrogens (tertiary/aromatic N) is 3. The van der Waals surface area contributed by atoms with Gasteiger partial charge in [-0.2, -0.15) is 9.78 Å². The highest BCUT2D eigenvalue weighted by Crippen LogP contribution is 2.27. The molecule has 2 aromatic heterocycles. The molecule has 116 valence electrons. The van der Waals surface area contributed by atoms with Gasteiger partial charge in [0.2, 0.25) is 5.88 Å². The molecule has 0 spiro atoms. The molecule has 0 saturated carbocycles. The molecule has 0 radical (unpaired) electrons. The molecule has 0 aliphatic rings. The first-order valence-corrected chi connectivity index (χ1v) is 6.93.